The Hall–Kier alpha value is -3.18. The smallest absolute Gasteiger partial charge is 0.251 e. The molecule has 0 saturated heterocycles. The number of aromatic nitrogens is 1. The second-order valence-electron chi connectivity index (χ2n) is 7.91. The van der Waals surface area contributed by atoms with Crippen LogP contribution in [-0.2, 0) is 12.3 Å². The Morgan fingerprint density at radius 3 is 2.59 bits per heavy atom. The lowest BCUT2D eigenvalue weighted by Gasteiger charge is -2.08. The van der Waals surface area contributed by atoms with Gasteiger partial charge in [-0.3, -0.25) is 4.79 Å². The van der Waals surface area contributed by atoms with Crippen LogP contribution in [0.3, 0.4) is 0 Å². The van der Waals surface area contributed by atoms with E-state index in [-0.39, 0.29) is 5.91 Å². The van der Waals surface area contributed by atoms with E-state index >= 15 is 0 Å². The molecule has 0 fully saturated rings. The molecule has 4 rings (SSSR count). The van der Waals surface area contributed by atoms with Crippen LogP contribution in [0.4, 0.5) is 0 Å². The minimum atomic E-state index is -0.0753. The van der Waals surface area contributed by atoms with Gasteiger partial charge in [0.25, 0.3) is 5.91 Å². The zero-order chi connectivity index (χ0) is 22.5. The van der Waals surface area contributed by atoms with Crippen LogP contribution in [0.5, 0.6) is 5.75 Å². The molecule has 4 nitrogen and oxygen atoms in total. The van der Waals surface area contributed by atoms with Crippen LogP contribution in [0.25, 0.3) is 10.9 Å². The molecule has 4 aromatic rings. The number of fused-ring (bicyclic) bond motifs is 1. The molecule has 0 radical (unpaired) electrons. The molecular formula is C27H28N2O2S. The van der Waals surface area contributed by atoms with Gasteiger partial charge in [0, 0.05) is 46.4 Å². The summed E-state index contributed by atoms with van der Waals surface area (Å²) in [6.45, 7) is 5.58. The highest BCUT2D eigenvalue weighted by atomic mass is 32.2. The molecule has 0 aliphatic heterocycles. The summed E-state index contributed by atoms with van der Waals surface area (Å²) in [5, 5.41) is 4.28. The largest absolute Gasteiger partial charge is 0.497 e. The number of aryl methyl sites for hydroxylation is 2. The van der Waals surface area contributed by atoms with E-state index in [4.69, 9.17) is 4.74 Å². The summed E-state index contributed by atoms with van der Waals surface area (Å²) in [6, 6.07) is 22.2. The fraction of sp³-hybridized carbons (Fsp3) is 0.222. The lowest BCUT2D eigenvalue weighted by molar-refractivity contribution is 0.0952. The number of carbonyl (C=O) groups excluding carboxylic acids is 1. The molecule has 0 saturated carbocycles. The third-order valence-corrected chi connectivity index (χ3v) is 6.72. The second kappa shape index (κ2) is 9.96. The maximum absolute atomic E-state index is 12.5. The minimum absolute atomic E-state index is 0.0753. The molecule has 0 spiro atoms. The molecule has 0 aliphatic rings. The summed E-state index contributed by atoms with van der Waals surface area (Å²) < 4.78 is 7.39. The number of hydrogen-bond donors (Lipinski definition) is 1. The first-order chi connectivity index (χ1) is 15.5. The molecule has 3 aromatic carbocycles. The predicted molar refractivity (Wildman–Crippen MR) is 133 cm³/mol. The molecule has 0 aliphatic carbocycles. The normalized spacial score (nSPS) is 11.0. The molecule has 0 atom stereocenters. The standard InChI is InChI=1S/C27H28N2O2S/c1-19-8-9-20(2)22(16-19)18-32-26-17-29(25-7-5-4-6-24(25)26)15-14-28-27(30)21-10-12-23(31-3)13-11-21/h4-13,16-17H,14-15,18H2,1-3H3,(H,28,30). The molecule has 5 heteroatoms. The van der Waals surface area contributed by atoms with Gasteiger partial charge >= 0.3 is 0 Å². The Morgan fingerprint density at radius 1 is 1.03 bits per heavy atom. The molecule has 0 bridgehead atoms. The highest BCUT2D eigenvalue weighted by Gasteiger charge is 2.11. The zero-order valence-electron chi connectivity index (χ0n) is 18.7. The average molecular weight is 445 g/mol. The van der Waals surface area contributed by atoms with E-state index < -0.39 is 0 Å². The van der Waals surface area contributed by atoms with Gasteiger partial charge in [0.2, 0.25) is 0 Å². The summed E-state index contributed by atoms with van der Waals surface area (Å²) in [4.78, 5) is 13.7. The van der Waals surface area contributed by atoms with E-state index in [0.717, 1.165) is 11.5 Å². The first-order valence-electron chi connectivity index (χ1n) is 10.7. The van der Waals surface area contributed by atoms with Gasteiger partial charge in [-0.25, -0.2) is 0 Å². The number of benzene rings is 3. The molecule has 0 unspecified atom stereocenters. The van der Waals surface area contributed by atoms with Crippen molar-refractivity contribution in [2.45, 2.75) is 31.0 Å². The highest BCUT2D eigenvalue weighted by Crippen LogP contribution is 2.33. The van der Waals surface area contributed by atoms with Gasteiger partial charge in [-0.15, -0.1) is 11.8 Å². The van der Waals surface area contributed by atoms with Crippen molar-refractivity contribution in [2.75, 3.05) is 13.7 Å². The Kier molecular flexibility index (Phi) is 6.86. The highest BCUT2D eigenvalue weighted by molar-refractivity contribution is 7.98. The minimum Gasteiger partial charge on any atom is -0.497 e. The lowest BCUT2D eigenvalue weighted by atomic mass is 10.1. The van der Waals surface area contributed by atoms with E-state index in [1.165, 1.54) is 32.5 Å². The number of rotatable bonds is 8. The third-order valence-electron chi connectivity index (χ3n) is 5.63. The maximum atomic E-state index is 12.5. The van der Waals surface area contributed by atoms with Crippen molar-refractivity contribution in [1.29, 1.82) is 0 Å². The summed E-state index contributed by atoms with van der Waals surface area (Å²) in [7, 11) is 1.62. The Bertz CT molecular complexity index is 1230. The van der Waals surface area contributed by atoms with Crippen LogP contribution in [0.15, 0.2) is 77.8 Å². The predicted octanol–water partition coefficient (Wildman–Crippen LogP) is 5.99. The lowest BCUT2D eigenvalue weighted by Crippen LogP contribution is -2.27. The molecule has 1 aromatic heterocycles. The number of para-hydroxylation sites is 1. The molecule has 32 heavy (non-hydrogen) atoms. The summed E-state index contributed by atoms with van der Waals surface area (Å²) in [5.41, 5.74) is 5.82. The van der Waals surface area contributed by atoms with Gasteiger partial charge < -0.3 is 14.6 Å². The van der Waals surface area contributed by atoms with Crippen LogP contribution < -0.4 is 10.1 Å². The fourth-order valence-corrected chi connectivity index (χ4v) is 4.91. The van der Waals surface area contributed by atoms with Gasteiger partial charge in [0.05, 0.1) is 7.11 Å². The number of carbonyl (C=O) groups is 1. The monoisotopic (exact) mass is 444 g/mol. The summed E-state index contributed by atoms with van der Waals surface area (Å²) in [6.07, 6.45) is 2.21. The summed E-state index contributed by atoms with van der Waals surface area (Å²) in [5.74, 6) is 1.61. The maximum Gasteiger partial charge on any atom is 0.251 e. The van der Waals surface area contributed by atoms with Crippen molar-refractivity contribution >= 4 is 28.6 Å². The first-order valence-corrected chi connectivity index (χ1v) is 11.7. The third kappa shape index (κ3) is 5.00. The fourth-order valence-electron chi connectivity index (χ4n) is 3.76. The zero-order valence-corrected chi connectivity index (χ0v) is 19.5. The average Bonchev–Trinajstić information content (AvgIpc) is 3.17. The Labute approximate surface area is 193 Å². The van der Waals surface area contributed by atoms with Crippen LogP contribution in [0, 0.1) is 13.8 Å². The number of amides is 1. The Morgan fingerprint density at radius 2 is 1.81 bits per heavy atom. The number of methoxy groups -OCH3 is 1. The van der Waals surface area contributed by atoms with Gasteiger partial charge in [0.15, 0.2) is 0 Å². The molecule has 1 N–H and O–H groups in total. The van der Waals surface area contributed by atoms with Crippen molar-refractivity contribution in [3.63, 3.8) is 0 Å². The number of nitrogens with zero attached hydrogens (tertiary/aromatic N) is 1. The number of thioether (sulfide) groups is 1. The molecule has 164 valence electrons. The quantitative estimate of drug-likeness (QED) is 0.340. The van der Waals surface area contributed by atoms with Crippen molar-refractivity contribution in [3.05, 3.63) is 95.2 Å². The van der Waals surface area contributed by atoms with E-state index in [0.29, 0.717) is 18.7 Å². The number of hydrogen-bond acceptors (Lipinski definition) is 3. The molecular weight excluding hydrogens is 416 g/mol. The van der Waals surface area contributed by atoms with Crippen molar-refractivity contribution < 1.29 is 9.53 Å². The number of nitrogens with one attached hydrogen (secondary N) is 1. The van der Waals surface area contributed by atoms with Gasteiger partial charge in [-0.05, 0) is 55.3 Å². The second-order valence-corrected chi connectivity index (χ2v) is 8.92. The van der Waals surface area contributed by atoms with Gasteiger partial charge in [-0.1, -0.05) is 42.0 Å². The van der Waals surface area contributed by atoms with E-state index in [9.17, 15) is 4.79 Å². The molecule has 1 amide bonds. The first kappa shape index (κ1) is 22.0. The van der Waals surface area contributed by atoms with Crippen LogP contribution in [0.2, 0.25) is 0 Å². The Balaban J connectivity index is 1.44. The SMILES string of the molecule is COc1ccc(C(=O)NCCn2cc(SCc3cc(C)ccc3C)c3ccccc32)cc1. The number of ether oxygens (including phenoxy) is 1. The van der Waals surface area contributed by atoms with Crippen molar-refractivity contribution in [2.24, 2.45) is 0 Å². The van der Waals surface area contributed by atoms with Crippen LogP contribution in [0.1, 0.15) is 27.0 Å². The summed E-state index contributed by atoms with van der Waals surface area (Å²) >= 11 is 1.87. The van der Waals surface area contributed by atoms with Crippen molar-refractivity contribution in [3.8, 4) is 5.75 Å². The van der Waals surface area contributed by atoms with Crippen molar-refractivity contribution in [1.82, 2.24) is 9.88 Å². The van der Waals surface area contributed by atoms with E-state index in [2.05, 4.69) is 72.4 Å². The van der Waals surface area contributed by atoms with E-state index in [1.54, 1.807) is 31.4 Å². The van der Waals surface area contributed by atoms with Gasteiger partial charge in [-0.2, -0.15) is 0 Å². The molecule has 1 heterocycles. The van der Waals surface area contributed by atoms with Crippen LogP contribution >= 0.6 is 11.8 Å². The van der Waals surface area contributed by atoms with E-state index in [1.807, 2.05) is 11.8 Å². The topological polar surface area (TPSA) is 43.3 Å². The van der Waals surface area contributed by atoms with Gasteiger partial charge in [0.1, 0.15) is 5.75 Å². The van der Waals surface area contributed by atoms with Crippen LogP contribution in [-0.4, -0.2) is 24.1 Å².